The van der Waals surface area contributed by atoms with Crippen molar-refractivity contribution in [1.82, 2.24) is 10.6 Å². The molecule has 2 aromatic heterocycles. The lowest BCUT2D eigenvalue weighted by Crippen LogP contribution is -2.40. The number of nitrogens with one attached hydrogen (secondary N) is 2. The highest BCUT2D eigenvalue weighted by Crippen LogP contribution is 2.21. The second-order valence-corrected chi connectivity index (χ2v) is 7.93. The van der Waals surface area contributed by atoms with Crippen molar-refractivity contribution in [1.29, 1.82) is 0 Å². The van der Waals surface area contributed by atoms with Gasteiger partial charge in [-0.2, -0.15) is 0 Å². The Morgan fingerprint density at radius 2 is 1.76 bits per heavy atom. The van der Waals surface area contributed by atoms with Crippen molar-refractivity contribution < 1.29 is 13.9 Å². The van der Waals surface area contributed by atoms with Crippen molar-refractivity contribution in [3.8, 4) is 0 Å². The predicted molar refractivity (Wildman–Crippen MR) is 116 cm³/mol. The van der Waals surface area contributed by atoms with Crippen LogP contribution in [0.15, 0.2) is 85.8 Å². The van der Waals surface area contributed by atoms with Crippen LogP contribution in [0.2, 0.25) is 0 Å². The number of aliphatic imine (C=N–C) groups is 1. The van der Waals surface area contributed by atoms with E-state index in [4.69, 9.17) is 8.83 Å². The Morgan fingerprint density at radius 3 is 2.48 bits per heavy atom. The van der Waals surface area contributed by atoms with Crippen molar-refractivity contribution in [3.05, 3.63) is 78.6 Å². The molecule has 0 aliphatic rings. The van der Waals surface area contributed by atoms with Crippen LogP contribution in [0.1, 0.15) is 18.4 Å². The molecule has 0 fully saturated rings. The molecule has 1 atom stereocenters. The topological polar surface area (TPSA) is 82.9 Å². The highest BCUT2D eigenvalue weighted by atomic mass is 32.2. The lowest BCUT2D eigenvalue weighted by atomic mass is 10.0. The van der Waals surface area contributed by atoms with Crippen molar-refractivity contribution >= 4 is 17.7 Å². The summed E-state index contributed by atoms with van der Waals surface area (Å²) in [6.45, 7) is 3.30. The van der Waals surface area contributed by atoms with E-state index >= 15 is 0 Å². The van der Waals surface area contributed by atoms with Gasteiger partial charge in [0, 0.05) is 30.2 Å². The minimum absolute atomic E-state index is 0.183. The summed E-state index contributed by atoms with van der Waals surface area (Å²) in [5.74, 6) is 2.96. The van der Waals surface area contributed by atoms with Crippen LogP contribution in [0.4, 0.5) is 0 Å². The van der Waals surface area contributed by atoms with Crippen LogP contribution in [0.25, 0.3) is 0 Å². The van der Waals surface area contributed by atoms with E-state index in [1.54, 1.807) is 43.3 Å². The fraction of sp³-hybridized carbons (Fsp3) is 0.318. The molecule has 0 radical (unpaired) electrons. The van der Waals surface area contributed by atoms with E-state index in [1.807, 2.05) is 30.3 Å². The molecule has 6 nitrogen and oxygen atoms in total. The van der Waals surface area contributed by atoms with Gasteiger partial charge in [-0.05, 0) is 43.3 Å². The zero-order chi connectivity index (χ0) is 20.4. The summed E-state index contributed by atoms with van der Waals surface area (Å²) in [6.07, 6.45) is 3.97. The first-order valence-electron chi connectivity index (χ1n) is 9.62. The van der Waals surface area contributed by atoms with Gasteiger partial charge in [-0.3, -0.25) is 0 Å². The number of guanidine groups is 1. The molecule has 0 amide bonds. The molecular formula is C22H27N3O3S. The fourth-order valence-corrected chi connectivity index (χ4v) is 3.47. The zero-order valence-corrected chi connectivity index (χ0v) is 17.3. The van der Waals surface area contributed by atoms with Crippen LogP contribution in [-0.4, -0.2) is 36.5 Å². The number of hydrogen-bond donors (Lipinski definition) is 3. The van der Waals surface area contributed by atoms with Crippen molar-refractivity contribution in [2.75, 3.05) is 25.4 Å². The maximum atomic E-state index is 10.6. The summed E-state index contributed by atoms with van der Waals surface area (Å²) in [6, 6.07) is 17.6. The Morgan fingerprint density at radius 1 is 1.00 bits per heavy atom. The third-order valence-corrected chi connectivity index (χ3v) is 5.26. The van der Waals surface area contributed by atoms with E-state index in [-0.39, 0.29) is 6.54 Å². The van der Waals surface area contributed by atoms with Gasteiger partial charge < -0.3 is 24.6 Å². The summed E-state index contributed by atoms with van der Waals surface area (Å²) < 4.78 is 10.7. The molecule has 154 valence electrons. The van der Waals surface area contributed by atoms with Crippen LogP contribution in [-0.2, 0) is 12.0 Å². The third-order valence-electron chi connectivity index (χ3n) is 4.25. The summed E-state index contributed by atoms with van der Waals surface area (Å²) in [4.78, 5) is 5.79. The normalized spacial score (nSPS) is 13.8. The maximum absolute atomic E-state index is 10.6. The number of aliphatic hydroxyl groups is 1. The molecular weight excluding hydrogens is 386 g/mol. The van der Waals surface area contributed by atoms with Crippen LogP contribution in [0.3, 0.4) is 0 Å². The van der Waals surface area contributed by atoms with Crippen LogP contribution >= 0.6 is 11.8 Å². The highest BCUT2D eigenvalue weighted by molar-refractivity contribution is 7.99. The van der Waals surface area contributed by atoms with Crippen molar-refractivity contribution in [2.24, 2.45) is 4.99 Å². The van der Waals surface area contributed by atoms with E-state index < -0.39 is 5.60 Å². The first-order chi connectivity index (χ1) is 14.1. The van der Waals surface area contributed by atoms with Gasteiger partial charge in [-0.1, -0.05) is 18.2 Å². The maximum Gasteiger partial charge on any atom is 0.191 e. The minimum atomic E-state index is -1.17. The molecule has 3 rings (SSSR count). The van der Waals surface area contributed by atoms with E-state index in [0.29, 0.717) is 18.3 Å². The Kier molecular flexibility index (Phi) is 7.84. The van der Waals surface area contributed by atoms with Gasteiger partial charge in [-0.25, -0.2) is 4.99 Å². The standard InChI is InChI=1S/C22H27N3O3S/c1-22(26,20-10-6-15-28-20)17-25-21(23-12-11-18-7-5-14-27-18)24-13-16-29-19-8-3-2-4-9-19/h2-10,14-15,26H,11-13,16-17H2,1H3,(H2,23,24,25). The second-order valence-electron chi connectivity index (χ2n) is 6.76. The molecule has 7 heteroatoms. The van der Waals surface area contributed by atoms with Gasteiger partial charge in [0.25, 0.3) is 0 Å². The number of benzene rings is 1. The molecule has 0 aliphatic carbocycles. The molecule has 1 aromatic carbocycles. The number of furan rings is 2. The van der Waals surface area contributed by atoms with E-state index in [1.165, 1.54) is 4.90 Å². The largest absolute Gasteiger partial charge is 0.469 e. The van der Waals surface area contributed by atoms with E-state index in [9.17, 15) is 5.11 Å². The van der Waals surface area contributed by atoms with Crippen molar-refractivity contribution in [3.63, 3.8) is 0 Å². The molecule has 2 heterocycles. The third kappa shape index (κ3) is 7.03. The minimum Gasteiger partial charge on any atom is -0.469 e. The molecule has 0 aliphatic heterocycles. The SMILES string of the molecule is CC(O)(CN=C(NCCSc1ccccc1)NCCc1ccco1)c1ccco1. The Bertz CT molecular complexity index is 847. The molecule has 0 saturated heterocycles. The van der Waals surface area contributed by atoms with Gasteiger partial charge in [0.15, 0.2) is 5.96 Å². The molecule has 3 aromatic rings. The number of rotatable bonds is 10. The van der Waals surface area contributed by atoms with Gasteiger partial charge in [0.05, 0.1) is 19.1 Å². The first-order valence-corrected chi connectivity index (χ1v) is 10.6. The van der Waals surface area contributed by atoms with Gasteiger partial charge in [-0.15, -0.1) is 11.8 Å². The smallest absolute Gasteiger partial charge is 0.191 e. The molecule has 1 unspecified atom stereocenters. The van der Waals surface area contributed by atoms with Crippen molar-refractivity contribution in [2.45, 2.75) is 23.8 Å². The number of hydrogen-bond acceptors (Lipinski definition) is 5. The van der Waals surface area contributed by atoms with Gasteiger partial charge in [0.1, 0.15) is 17.1 Å². The predicted octanol–water partition coefficient (Wildman–Crippen LogP) is 3.65. The summed E-state index contributed by atoms with van der Waals surface area (Å²) in [5.41, 5.74) is -1.17. The molecule has 29 heavy (non-hydrogen) atoms. The average molecular weight is 414 g/mol. The summed E-state index contributed by atoms with van der Waals surface area (Å²) >= 11 is 1.78. The highest BCUT2D eigenvalue weighted by Gasteiger charge is 2.26. The lowest BCUT2D eigenvalue weighted by molar-refractivity contribution is 0.0437. The molecule has 3 N–H and O–H groups in total. The number of nitrogens with zero attached hydrogens (tertiary/aromatic N) is 1. The zero-order valence-electron chi connectivity index (χ0n) is 16.5. The van der Waals surface area contributed by atoms with E-state index in [2.05, 4.69) is 27.8 Å². The first kappa shape index (κ1) is 21.1. The van der Waals surface area contributed by atoms with Crippen LogP contribution in [0.5, 0.6) is 0 Å². The molecule has 0 bridgehead atoms. The summed E-state index contributed by atoms with van der Waals surface area (Å²) in [5, 5.41) is 17.3. The molecule has 0 spiro atoms. The number of thioether (sulfide) groups is 1. The molecule has 0 saturated carbocycles. The average Bonchev–Trinajstić information content (AvgIpc) is 3.44. The van der Waals surface area contributed by atoms with Gasteiger partial charge in [0.2, 0.25) is 0 Å². The Balaban J connectivity index is 1.53. The van der Waals surface area contributed by atoms with Gasteiger partial charge >= 0.3 is 0 Å². The Labute approximate surface area is 175 Å². The summed E-state index contributed by atoms with van der Waals surface area (Å²) in [7, 11) is 0. The van der Waals surface area contributed by atoms with Crippen LogP contribution < -0.4 is 10.6 Å². The Hall–Kier alpha value is -2.64. The van der Waals surface area contributed by atoms with E-state index in [0.717, 1.165) is 24.5 Å². The quantitative estimate of drug-likeness (QED) is 0.204. The monoisotopic (exact) mass is 413 g/mol. The second kappa shape index (κ2) is 10.8. The van der Waals surface area contributed by atoms with Crippen LogP contribution in [0, 0.1) is 0 Å². The fourth-order valence-electron chi connectivity index (χ4n) is 2.68. The lowest BCUT2D eigenvalue weighted by Gasteiger charge is -2.19.